The number of alkyl halides is 1. The molecule has 0 aliphatic rings. The van der Waals surface area contributed by atoms with Gasteiger partial charge in [0, 0.05) is 17.2 Å². The molecule has 2 aromatic heterocycles. The Bertz CT molecular complexity index is 903. The largest absolute Gasteiger partial charge is 0.319 e. The van der Waals surface area contributed by atoms with E-state index < -0.39 is 0 Å². The molecular weight excluding hydrogens is 413 g/mol. The standard InChI is InChI=1S/C17H14BrCl2N3O/c1-10-14(7-8-18)23-9-3-6-13(16(23)21-10)22-17(24)15-11(19)4-2-5-12(15)20/h2-6,9H,7-8H2,1H3,(H,22,24). The third-order valence-electron chi connectivity index (χ3n) is 3.72. The number of amides is 1. The Morgan fingerprint density at radius 3 is 2.62 bits per heavy atom. The second-order valence-electron chi connectivity index (χ2n) is 5.25. The summed E-state index contributed by atoms with van der Waals surface area (Å²) in [7, 11) is 0. The number of aryl methyl sites for hydroxylation is 2. The maximum atomic E-state index is 12.6. The van der Waals surface area contributed by atoms with E-state index in [1.807, 2.05) is 29.7 Å². The summed E-state index contributed by atoms with van der Waals surface area (Å²) in [6.07, 6.45) is 2.78. The highest BCUT2D eigenvalue weighted by Crippen LogP contribution is 2.27. The molecule has 7 heteroatoms. The zero-order chi connectivity index (χ0) is 17.3. The number of rotatable bonds is 4. The summed E-state index contributed by atoms with van der Waals surface area (Å²) in [6, 6.07) is 8.65. The summed E-state index contributed by atoms with van der Waals surface area (Å²) in [4.78, 5) is 17.2. The predicted octanol–water partition coefficient (Wildman–Crippen LogP) is 5.14. The first-order valence-electron chi connectivity index (χ1n) is 7.30. The normalized spacial score (nSPS) is 11.0. The number of hydrogen-bond acceptors (Lipinski definition) is 2. The average molecular weight is 427 g/mol. The van der Waals surface area contributed by atoms with Crippen molar-refractivity contribution in [3.8, 4) is 0 Å². The first-order chi connectivity index (χ1) is 11.5. The van der Waals surface area contributed by atoms with Crippen LogP contribution in [0.4, 0.5) is 5.69 Å². The second-order valence-corrected chi connectivity index (χ2v) is 6.86. The number of pyridine rings is 1. The van der Waals surface area contributed by atoms with Crippen molar-refractivity contribution in [3.63, 3.8) is 0 Å². The lowest BCUT2D eigenvalue weighted by Crippen LogP contribution is -2.14. The Morgan fingerprint density at radius 2 is 1.96 bits per heavy atom. The van der Waals surface area contributed by atoms with Gasteiger partial charge in [-0.25, -0.2) is 4.98 Å². The first-order valence-corrected chi connectivity index (χ1v) is 9.18. The van der Waals surface area contributed by atoms with E-state index in [4.69, 9.17) is 23.2 Å². The summed E-state index contributed by atoms with van der Waals surface area (Å²) in [5.41, 5.74) is 3.61. The molecule has 1 aromatic carbocycles. The maximum absolute atomic E-state index is 12.6. The number of hydrogen-bond donors (Lipinski definition) is 1. The number of nitrogens with zero attached hydrogens (tertiary/aromatic N) is 2. The second kappa shape index (κ2) is 7.13. The highest BCUT2D eigenvalue weighted by atomic mass is 79.9. The lowest BCUT2D eigenvalue weighted by molar-refractivity contribution is 0.102. The zero-order valence-electron chi connectivity index (χ0n) is 12.8. The molecule has 2 heterocycles. The van der Waals surface area contributed by atoms with E-state index in [1.54, 1.807) is 18.2 Å². The van der Waals surface area contributed by atoms with E-state index in [0.29, 0.717) is 21.4 Å². The quantitative estimate of drug-likeness (QED) is 0.587. The smallest absolute Gasteiger partial charge is 0.258 e. The van der Waals surface area contributed by atoms with Crippen molar-refractivity contribution in [2.45, 2.75) is 13.3 Å². The first kappa shape index (κ1) is 17.3. The molecule has 0 atom stereocenters. The molecule has 0 saturated heterocycles. The molecule has 0 spiro atoms. The number of halogens is 3. The van der Waals surface area contributed by atoms with Gasteiger partial charge in [0.05, 0.1) is 27.0 Å². The van der Waals surface area contributed by atoms with Gasteiger partial charge in [-0.15, -0.1) is 0 Å². The Kier molecular flexibility index (Phi) is 5.13. The Labute approximate surface area is 157 Å². The molecule has 1 amide bonds. The van der Waals surface area contributed by atoms with E-state index in [1.165, 1.54) is 0 Å². The fourth-order valence-electron chi connectivity index (χ4n) is 2.62. The third kappa shape index (κ3) is 3.16. The van der Waals surface area contributed by atoms with Gasteiger partial charge >= 0.3 is 0 Å². The summed E-state index contributed by atoms with van der Waals surface area (Å²) in [6.45, 7) is 1.96. The molecule has 0 bridgehead atoms. The van der Waals surface area contributed by atoms with Crippen LogP contribution in [0, 0.1) is 6.92 Å². The molecule has 0 radical (unpaired) electrons. The van der Waals surface area contributed by atoms with Crippen LogP contribution in [-0.4, -0.2) is 20.6 Å². The third-order valence-corrected chi connectivity index (χ3v) is 4.74. The minimum absolute atomic E-state index is 0.256. The SMILES string of the molecule is Cc1nc2c(NC(=O)c3c(Cl)cccc3Cl)cccn2c1CCBr. The van der Waals surface area contributed by atoms with Crippen molar-refractivity contribution in [1.82, 2.24) is 9.38 Å². The van der Waals surface area contributed by atoms with Crippen molar-refractivity contribution >= 4 is 56.4 Å². The number of imidazole rings is 1. The molecule has 124 valence electrons. The van der Waals surface area contributed by atoms with Crippen LogP contribution in [0.15, 0.2) is 36.5 Å². The van der Waals surface area contributed by atoms with Crippen LogP contribution in [0.3, 0.4) is 0 Å². The average Bonchev–Trinajstić information content (AvgIpc) is 2.85. The molecule has 24 heavy (non-hydrogen) atoms. The monoisotopic (exact) mass is 425 g/mol. The summed E-state index contributed by atoms with van der Waals surface area (Å²) < 4.78 is 1.99. The van der Waals surface area contributed by atoms with Crippen molar-refractivity contribution in [1.29, 1.82) is 0 Å². The van der Waals surface area contributed by atoms with Gasteiger partial charge in [-0.05, 0) is 37.6 Å². The van der Waals surface area contributed by atoms with E-state index in [9.17, 15) is 4.79 Å². The van der Waals surface area contributed by atoms with Gasteiger partial charge in [-0.3, -0.25) is 4.79 Å². The van der Waals surface area contributed by atoms with Gasteiger partial charge in [0.2, 0.25) is 0 Å². The highest BCUT2D eigenvalue weighted by molar-refractivity contribution is 9.09. The van der Waals surface area contributed by atoms with Crippen LogP contribution in [0.25, 0.3) is 5.65 Å². The Hall–Kier alpha value is -1.56. The molecule has 0 aliphatic heterocycles. The van der Waals surface area contributed by atoms with Crippen LogP contribution in [0.5, 0.6) is 0 Å². The molecule has 0 unspecified atom stereocenters. The molecule has 4 nitrogen and oxygen atoms in total. The van der Waals surface area contributed by atoms with Crippen LogP contribution in [-0.2, 0) is 6.42 Å². The number of carbonyl (C=O) groups excluding carboxylic acids is 1. The number of carbonyl (C=O) groups is 1. The van der Waals surface area contributed by atoms with Gasteiger partial charge in [-0.2, -0.15) is 0 Å². The highest BCUT2D eigenvalue weighted by Gasteiger charge is 2.17. The number of anilines is 1. The Morgan fingerprint density at radius 1 is 1.25 bits per heavy atom. The number of nitrogens with one attached hydrogen (secondary N) is 1. The summed E-state index contributed by atoms with van der Waals surface area (Å²) in [5, 5.41) is 4.33. The lowest BCUT2D eigenvalue weighted by atomic mass is 10.2. The minimum Gasteiger partial charge on any atom is -0.319 e. The lowest BCUT2D eigenvalue weighted by Gasteiger charge is -2.09. The number of fused-ring (bicyclic) bond motifs is 1. The van der Waals surface area contributed by atoms with Crippen molar-refractivity contribution < 1.29 is 4.79 Å². The molecule has 0 aliphatic carbocycles. The molecule has 3 rings (SSSR count). The molecule has 0 fully saturated rings. The van der Waals surface area contributed by atoms with Crippen molar-refractivity contribution in [3.05, 3.63) is 63.5 Å². The van der Waals surface area contributed by atoms with E-state index in [2.05, 4.69) is 26.2 Å². The van der Waals surface area contributed by atoms with E-state index in [-0.39, 0.29) is 11.5 Å². The van der Waals surface area contributed by atoms with Gasteiger partial charge in [-0.1, -0.05) is 45.2 Å². The molecule has 3 aromatic rings. The molecule has 0 saturated carbocycles. The van der Waals surface area contributed by atoms with Gasteiger partial charge in [0.1, 0.15) is 0 Å². The minimum atomic E-state index is -0.360. The molecular formula is C17H14BrCl2N3O. The number of aromatic nitrogens is 2. The van der Waals surface area contributed by atoms with Gasteiger partial charge < -0.3 is 9.72 Å². The van der Waals surface area contributed by atoms with E-state index >= 15 is 0 Å². The summed E-state index contributed by atoms with van der Waals surface area (Å²) >= 11 is 15.7. The fourth-order valence-corrected chi connectivity index (χ4v) is 3.56. The summed E-state index contributed by atoms with van der Waals surface area (Å²) in [5.74, 6) is -0.360. The van der Waals surface area contributed by atoms with Crippen LogP contribution >= 0.6 is 39.1 Å². The van der Waals surface area contributed by atoms with Crippen LogP contribution in [0.2, 0.25) is 10.0 Å². The maximum Gasteiger partial charge on any atom is 0.258 e. The van der Waals surface area contributed by atoms with E-state index in [0.717, 1.165) is 23.1 Å². The van der Waals surface area contributed by atoms with Gasteiger partial charge in [0.15, 0.2) is 5.65 Å². The predicted molar refractivity (Wildman–Crippen MR) is 102 cm³/mol. The van der Waals surface area contributed by atoms with Crippen LogP contribution < -0.4 is 5.32 Å². The topological polar surface area (TPSA) is 46.4 Å². The van der Waals surface area contributed by atoms with Crippen molar-refractivity contribution in [2.75, 3.05) is 10.6 Å². The number of benzene rings is 1. The molecule has 1 N–H and O–H groups in total. The Balaban J connectivity index is 2.02. The van der Waals surface area contributed by atoms with Gasteiger partial charge in [0.25, 0.3) is 5.91 Å². The zero-order valence-corrected chi connectivity index (χ0v) is 15.9. The van der Waals surface area contributed by atoms with Crippen LogP contribution in [0.1, 0.15) is 21.7 Å². The van der Waals surface area contributed by atoms with Crippen molar-refractivity contribution in [2.24, 2.45) is 0 Å². The fraction of sp³-hybridized carbons (Fsp3) is 0.176.